The Balaban J connectivity index is 2.22. The Morgan fingerprint density at radius 2 is 2.14 bits per heavy atom. The first kappa shape index (κ1) is 16.4. The van der Waals surface area contributed by atoms with Gasteiger partial charge in [-0.15, -0.1) is 0 Å². The first-order valence-electron chi connectivity index (χ1n) is 7.63. The molecule has 0 aromatic heterocycles. The van der Waals surface area contributed by atoms with Crippen molar-refractivity contribution < 1.29 is 12.8 Å². The van der Waals surface area contributed by atoms with E-state index in [0.717, 1.165) is 24.0 Å². The highest BCUT2D eigenvalue weighted by Crippen LogP contribution is 2.32. The van der Waals surface area contributed by atoms with Crippen LogP contribution in [0.25, 0.3) is 0 Å². The number of nitrogens with zero attached hydrogens (tertiary/aromatic N) is 1. The van der Waals surface area contributed by atoms with E-state index in [1.807, 2.05) is 13.8 Å². The highest BCUT2D eigenvalue weighted by atomic mass is 32.2. The van der Waals surface area contributed by atoms with Crippen LogP contribution in [0.3, 0.4) is 0 Å². The summed E-state index contributed by atoms with van der Waals surface area (Å²) in [6.07, 6.45) is 2.55. The molecule has 1 heterocycles. The highest BCUT2D eigenvalue weighted by molar-refractivity contribution is 7.89. The van der Waals surface area contributed by atoms with E-state index in [0.29, 0.717) is 13.0 Å². The zero-order valence-corrected chi connectivity index (χ0v) is 13.8. The topological polar surface area (TPSA) is 37.4 Å². The Morgan fingerprint density at radius 3 is 2.81 bits per heavy atom. The van der Waals surface area contributed by atoms with Crippen LogP contribution in [0, 0.1) is 11.7 Å². The van der Waals surface area contributed by atoms with E-state index in [9.17, 15) is 12.8 Å². The maximum atomic E-state index is 13.4. The highest BCUT2D eigenvalue weighted by Gasteiger charge is 2.33. The van der Waals surface area contributed by atoms with Gasteiger partial charge in [0, 0.05) is 12.6 Å². The lowest BCUT2D eigenvalue weighted by molar-refractivity contribution is 0.322. The predicted molar refractivity (Wildman–Crippen MR) is 83.1 cm³/mol. The lowest BCUT2D eigenvalue weighted by Crippen LogP contribution is -2.41. The van der Waals surface area contributed by atoms with E-state index in [4.69, 9.17) is 0 Å². The number of hydrogen-bond donors (Lipinski definition) is 0. The molecule has 2 atom stereocenters. The molecule has 0 fully saturated rings. The van der Waals surface area contributed by atoms with Gasteiger partial charge in [0.15, 0.2) is 0 Å². The predicted octanol–water partition coefficient (Wildman–Crippen LogP) is 3.51. The monoisotopic (exact) mass is 313 g/mol. The number of fused-ring (bicyclic) bond motifs is 1. The Hall–Kier alpha value is -0.940. The van der Waals surface area contributed by atoms with Crippen LogP contribution in [-0.2, 0) is 16.4 Å². The third kappa shape index (κ3) is 3.64. The van der Waals surface area contributed by atoms with Crippen LogP contribution in [-0.4, -0.2) is 25.0 Å². The quantitative estimate of drug-likeness (QED) is 0.834. The average molecular weight is 313 g/mol. The van der Waals surface area contributed by atoms with Gasteiger partial charge in [0.1, 0.15) is 5.82 Å². The van der Waals surface area contributed by atoms with E-state index < -0.39 is 10.0 Å². The zero-order valence-electron chi connectivity index (χ0n) is 13.0. The van der Waals surface area contributed by atoms with Crippen molar-refractivity contribution >= 4 is 10.0 Å². The number of sulfonamides is 1. The van der Waals surface area contributed by atoms with Gasteiger partial charge in [-0.2, -0.15) is 4.31 Å². The van der Waals surface area contributed by atoms with Gasteiger partial charge in [0.2, 0.25) is 10.0 Å². The maximum Gasteiger partial charge on any atom is 0.214 e. The summed E-state index contributed by atoms with van der Waals surface area (Å²) in [4.78, 5) is 0. The molecule has 1 aliphatic rings. The molecule has 2 rings (SSSR count). The largest absolute Gasteiger partial charge is 0.214 e. The van der Waals surface area contributed by atoms with Crippen LogP contribution in [0.4, 0.5) is 4.39 Å². The lowest BCUT2D eigenvalue weighted by Gasteiger charge is -2.35. The fourth-order valence-electron chi connectivity index (χ4n) is 3.17. The fraction of sp³-hybridized carbons (Fsp3) is 0.625. The standard InChI is InChI=1S/C16H24FNO2S/c1-4-5-12(2)11-21(19,20)18-9-8-14-6-7-15(17)10-16(14)13(18)3/h6-7,10,12-13H,4-5,8-9,11H2,1-3H3. The van der Waals surface area contributed by atoms with Crippen LogP contribution in [0.1, 0.15) is 50.8 Å². The van der Waals surface area contributed by atoms with Crippen LogP contribution in [0.5, 0.6) is 0 Å². The van der Waals surface area contributed by atoms with Crippen molar-refractivity contribution in [1.29, 1.82) is 0 Å². The van der Waals surface area contributed by atoms with Gasteiger partial charge in [-0.05, 0) is 48.9 Å². The maximum absolute atomic E-state index is 13.4. The van der Waals surface area contributed by atoms with Gasteiger partial charge < -0.3 is 0 Å². The fourth-order valence-corrected chi connectivity index (χ4v) is 5.22. The van der Waals surface area contributed by atoms with E-state index in [-0.39, 0.29) is 23.5 Å². The van der Waals surface area contributed by atoms with E-state index >= 15 is 0 Å². The number of rotatable bonds is 5. The molecule has 0 saturated heterocycles. The summed E-state index contributed by atoms with van der Waals surface area (Å²) in [5.74, 6) is 0.0239. The third-order valence-electron chi connectivity index (χ3n) is 4.23. The van der Waals surface area contributed by atoms with Crippen LogP contribution >= 0.6 is 0 Å². The van der Waals surface area contributed by atoms with Gasteiger partial charge in [-0.3, -0.25) is 0 Å². The summed E-state index contributed by atoms with van der Waals surface area (Å²) in [7, 11) is -3.30. The summed E-state index contributed by atoms with van der Waals surface area (Å²) in [5.41, 5.74) is 1.85. The number of hydrogen-bond acceptors (Lipinski definition) is 2. The molecule has 0 bridgehead atoms. The number of halogens is 1. The molecular formula is C16H24FNO2S. The van der Waals surface area contributed by atoms with Crippen LogP contribution in [0.15, 0.2) is 18.2 Å². The second-order valence-corrected chi connectivity index (χ2v) is 8.02. The smallest absolute Gasteiger partial charge is 0.212 e. The lowest BCUT2D eigenvalue weighted by atomic mass is 9.95. The van der Waals surface area contributed by atoms with E-state index in [2.05, 4.69) is 6.92 Å². The molecule has 0 saturated carbocycles. The second kappa shape index (κ2) is 6.44. The minimum absolute atomic E-state index is 0.154. The summed E-state index contributed by atoms with van der Waals surface area (Å²) in [6.45, 7) is 6.37. The summed E-state index contributed by atoms with van der Waals surface area (Å²) in [6, 6.07) is 4.39. The van der Waals surface area contributed by atoms with Gasteiger partial charge in [-0.1, -0.05) is 26.3 Å². The third-order valence-corrected chi connectivity index (χ3v) is 6.43. The molecule has 1 aliphatic heterocycles. The van der Waals surface area contributed by atoms with Crippen LogP contribution in [0.2, 0.25) is 0 Å². The molecule has 3 nitrogen and oxygen atoms in total. The summed E-state index contributed by atoms with van der Waals surface area (Å²) < 4.78 is 40.2. The van der Waals surface area contributed by atoms with Gasteiger partial charge in [-0.25, -0.2) is 12.8 Å². The Kier molecular flexibility index (Phi) is 5.04. The normalized spacial score (nSPS) is 21.0. The Labute approximate surface area is 127 Å². The SMILES string of the molecule is CCCC(C)CS(=O)(=O)N1CCc2ccc(F)cc2C1C. The molecule has 5 heteroatoms. The van der Waals surface area contributed by atoms with Crippen molar-refractivity contribution in [2.45, 2.75) is 46.1 Å². The van der Waals surface area contributed by atoms with Gasteiger partial charge in [0.05, 0.1) is 5.75 Å². The zero-order chi connectivity index (χ0) is 15.6. The summed E-state index contributed by atoms with van der Waals surface area (Å²) >= 11 is 0. The molecule has 1 aromatic rings. The number of benzene rings is 1. The van der Waals surface area contributed by atoms with Crippen molar-refractivity contribution in [3.63, 3.8) is 0 Å². The van der Waals surface area contributed by atoms with Crippen LogP contribution < -0.4 is 0 Å². The van der Waals surface area contributed by atoms with E-state index in [1.165, 1.54) is 12.1 Å². The van der Waals surface area contributed by atoms with Crippen molar-refractivity contribution in [2.24, 2.45) is 5.92 Å². The van der Waals surface area contributed by atoms with Crippen molar-refractivity contribution in [2.75, 3.05) is 12.3 Å². The molecule has 0 amide bonds. The van der Waals surface area contributed by atoms with Crippen molar-refractivity contribution in [1.82, 2.24) is 4.31 Å². The molecule has 21 heavy (non-hydrogen) atoms. The molecule has 0 spiro atoms. The first-order valence-corrected chi connectivity index (χ1v) is 9.24. The summed E-state index contributed by atoms with van der Waals surface area (Å²) in [5, 5.41) is 0. The Morgan fingerprint density at radius 1 is 1.43 bits per heavy atom. The molecule has 0 aliphatic carbocycles. The van der Waals surface area contributed by atoms with E-state index in [1.54, 1.807) is 10.4 Å². The van der Waals surface area contributed by atoms with Crippen molar-refractivity contribution in [3.8, 4) is 0 Å². The van der Waals surface area contributed by atoms with Gasteiger partial charge >= 0.3 is 0 Å². The molecular weight excluding hydrogens is 289 g/mol. The first-order chi connectivity index (χ1) is 9.85. The second-order valence-electron chi connectivity index (χ2n) is 6.05. The molecule has 0 N–H and O–H groups in total. The minimum Gasteiger partial charge on any atom is -0.212 e. The molecule has 1 aromatic carbocycles. The Bertz CT molecular complexity index is 600. The van der Waals surface area contributed by atoms with Crippen molar-refractivity contribution in [3.05, 3.63) is 35.1 Å². The molecule has 118 valence electrons. The minimum atomic E-state index is -3.30. The van der Waals surface area contributed by atoms with Gasteiger partial charge in [0.25, 0.3) is 0 Å². The molecule has 2 unspecified atom stereocenters. The molecule has 0 radical (unpaired) electrons. The average Bonchev–Trinajstić information content (AvgIpc) is 2.39.